The van der Waals surface area contributed by atoms with Gasteiger partial charge in [0.2, 0.25) is 5.92 Å². The Bertz CT molecular complexity index is 697. The summed E-state index contributed by atoms with van der Waals surface area (Å²) in [4.78, 5) is 12.9. The van der Waals surface area contributed by atoms with Crippen LogP contribution in [0, 0.1) is 5.92 Å². The van der Waals surface area contributed by atoms with Gasteiger partial charge in [-0.1, -0.05) is 0 Å². The van der Waals surface area contributed by atoms with Gasteiger partial charge >= 0.3 is 5.97 Å². The SMILES string of the molecule is C[N+]12CCC(CC1)[C@@H](OC(=O)Cc1scc(C3CCC(F)(F)C3)c1O)C2. The van der Waals surface area contributed by atoms with Crippen molar-refractivity contribution in [2.24, 2.45) is 5.92 Å². The van der Waals surface area contributed by atoms with E-state index in [0.717, 1.165) is 37.0 Å². The summed E-state index contributed by atoms with van der Waals surface area (Å²) in [6, 6.07) is 0. The van der Waals surface area contributed by atoms with Crippen LogP contribution in [0.5, 0.6) is 5.75 Å². The van der Waals surface area contributed by atoms with E-state index in [0.29, 0.717) is 22.8 Å². The van der Waals surface area contributed by atoms with E-state index >= 15 is 0 Å². The van der Waals surface area contributed by atoms with Gasteiger partial charge in [0.15, 0.2) is 6.10 Å². The maximum absolute atomic E-state index is 13.4. The Morgan fingerprint density at radius 1 is 1.38 bits per heavy atom. The average Bonchev–Trinajstić information content (AvgIpc) is 3.10. The number of piperidine rings is 3. The summed E-state index contributed by atoms with van der Waals surface area (Å²) in [5.74, 6) is -2.82. The molecule has 0 aromatic carbocycles. The molecule has 3 saturated heterocycles. The van der Waals surface area contributed by atoms with Gasteiger partial charge in [0.05, 0.1) is 31.4 Å². The molecular formula is C19H26F2NO3S+. The predicted molar refractivity (Wildman–Crippen MR) is 94.6 cm³/mol. The summed E-state index contributed by atoms with van der Waals surface area (Å²) in [6.07, 6.45) is 2.20. The molecule has 1 N–H and O–H groups in total. The number of carbonyl (C=O) groups excluding carboxylic acids is 1. The third kappa shape index (κ3) is 3.48. The highest BCUT2D eigenvalue weighted by Crippen LogP contribution is 2.48. The van der Waals surface area contributed by atoms with Crippen LogP contribution in [-0.4, -0.2) is 54.3 Å². The second kappa shape index (κ2) is 6.44. The number of ether oxygens (including phenoxy) is 1. The molecule has 2 atom stereocenters. The van der Waals surface area contributed by atoms with Crippen LogP contribution >= 0.6 is 11.3 Å². The molecule has 1 unspecified atom stereocenters. The van der Waals surface area contributed by atoms with E-state index in [4.69, 9.17) is 4.74 Å². The van der Waals surface area contributed by atoms with Gasteiger partial charge in [0, 0.05) is 37.2 Å². The fraction of sp³-hybridized carbons (Fsp3) is 0.737. The largest absolute Gasteiger partial charge is 0.506 e. The number of halogens is 2. The number of likely N-dealkylation sites (N-methyl/N-ethyl adjacent to an activating group) is 1. The second-order valence-corrected chi connectivity index (χ2v) is 9.51. The van der Waals surface area contributed by atoms with Crippen molar-refractivity contribution in [2.75, 3.05) is 26.7 Å². The lowest BCUT2D eigenvalue weighted by molar-refractivity contribution is -0.928. The molecule has 5 rings (SSSR count). The number of hydrogen-bond acceptors (Lipinski definition) is 4. The van der Waals surface area contributed by atoms with E-state index in [2.05, 4.69) is 7.05 Å². The van der Waals surface area contributed by atoms with Gasteiger partial charge in [0.25, 0.3) is 0 Å². The Labute approximate surface area is 156 Å². The van der Waals surface area contributed by atoms with E-state index < -0.39 is 5.92 Å². The Morgan fingerprint density at radius 3 is 2.73 bits per heavy atom. The molecule has 1 saturated carbocycles. The van der Waals surface area contributed by atoms with Gasteiger partial charge in [-0.2, -0.15) is 0 Å². The first kappa shape index (κ1) is 18.2. The standard InChI is InChI=1S/C19H25F2NO3S/c1-22-6-3-12(4-7-22)15(10-22)25-17(23)8-16-18(24)14(11-26-16)13-2-5-19(20,21)9-13/h11-13,15H,2-10H2,1H3/p+1/t12?,13?,15-,22?/m0/s1. The quantitative estimate of drug-likeness (QED) is 0.634. The molecule has 0 spiro atoms. The first-order valence-corrected chi connectivity index (χ1v) is 10.3. The summed E-state index contributed by atoms with van der Waals surface area (Å²) in [6.45, 7) is 3.18. The van der Waals surface area contributed by atoms with Crippen molar-refractivity contribution >= 4 is 17.3 Å². The smallest absolute Gasteiger partial charge is 0.311 e. The number of carbonyl (C=O) groups is 1. The van der Waals surface area contributed by atoms with Gasteiger partial charge in [-0.25, -0.2) is 8.78 Å². The topological polar surface area (TPSA) is 46.5 Å². The van der Waals surface area contributed by atoms with Crippen LogP contribution < -0.4 is 0 Å². The summed E-state index contributed by atoms with van der Waals surface area (Å²) in [7, 11) is 2.21. The molecule has 26 heavy (non-hydrogen) atoms. The molecule has 4 fully saturated rings. The normalized spacial score (nSPS) is 35.6. The van der Waals surface area contributed by atoms with Crippen LogP contribution in [0.3, 0.4) is 0 Å². The number of rotatable bonds is 4. The number of alkyl halides is 2. The van der Waals surface area contributed by atoms with Crippen molar-refractivity contribution < 1.29 is 27.9 Å². The molecule has 2 bridgehead atoms. The molecule has 1 aliphatic carbocycles. The molecule has 1 aromatic rings. The fourth-order valence-corrected chi connectivity index (χ4v) is 5.87. The summed E-state index contributed by atoms with van der Waals surface area (Å²) >= 11 is 1.27. The highest BCUT2D eigenvalue weighted by molar-refractivity contribution is 7.10. The second-order valence-electron chi connectivity index (χ2n) is 8.55. The van der Waals surface area contributed by atoms with Crippen LogP contribution in [0.1, 0.15) is 48.5 Å². The first-order chi connectivity index (χ1) is 12.2. The van der Waals surface area contributed by atoms with Gasteiger partial charge in [-0.15, -0.1) is 11.3 Å². The monoisotopic (exact) mass is 386 g/mol. The Hall–Kier alpha value is -1.21. The number of thiophene rings is 1. The lowest BCUT2D eigenvalue weighted by Gasteiger charge is -2.49. The number of nitrogens with zero attached hydrogens (tertiary/aromatic N) is 1. The number of aromatic hydroxyl groups is 1. The van der Waals surface area contributed by atoms with E-state index in [1.165, 1.54) is 11.3 Å². The van der Waals surface area contributed by atoms with Crippen LogP contribution in [0.4, 0.5) is 8.78 Å². The van der Waals surface area contributed by atoms with Crippen LogP contribution in [0.25, 0.3) is 0 Å². The zero-order chi connectivity index (χ0) is 18.5. The highest BCUT2D eigenvalue weighted by atomic mass is 32.1. The van der Waals surface area contributed by atoms with Crippen molar-refractivity contribution in [3.8, 4) is 5.75 Å². The lowest BCUT2D eigenvalue weighted by Crippen LogP contribution is -2.62. The van der Waals surface area contributed by atoms with Crippen LogP contribution in [0.15, 0.2) is 5.38 Å². The van der Waals surface area contributed by atoms with Crippen molar-refractivity contribution in [1.82, 2.24) is 0 Å². The molecule has 4 heterocycles. The minimum atomic E-state index is -2.65. The number of esters is 1. The third-order valence-corrected chi connectivity index (χ3v) is 7.52. The Morgan fingerprint density at radius 2 is 2.12 bits per heavy atom. The lowest BCUT2D eigenvalue weighted by atomic mass is 9.84. The van der Waals surface area contributed by atoms with Gasteiger partial charge in [0.1, 0.15) is 12.3 Å². The molecule has 4 nitrogen and oxygen atoms in total. The molecule has 0 amide bonds. The first-order valence-electron chi connectivity index (χ1n) is 9.45. The van der Waals surface area contributed by atoms with E-state index in [1.54, 1.807) is 5.38 Å². The maximum Gasteiger partial charge on any atom is 0.311 e. The van der Waals surface area contributed by atoms with Crippen LogP contribution in [-0.2, 0) is 16.0 Å². The molecular weight excluding hydrogens is 360 g/mol. The molecule has 7 heteroatoms. The minimum Gasteiger partial charge on any atom is -0.506 e. The molecule has 3 aliphatic heterocycles. The minimum absolute atomic E-state index is 0.0163. The van der Waals surface area contributed by atoms with Gasteiger partial charge in [-0.3, -0.25) is 4.79 Å². The van der Waals surface area contributed by atoms with Crippen LogP contribution in [0.2, 0.25) is 0 Å². The molecule has 4 aliphatic rings. The predicted octanol–water partition coefficient (Wildman–Crippen LogP) is 3.68. The fourth-order valence-electron chi connectivity index (χ4n) is 4.86. The number of hydrogen-bond donors (Lipinski definition) is 1. The molecule has 1 aromatic heterocycles. The molecule has 0 radical (unpaired) electrons. The maximum atomic E-state index is 13.4. The van der Waals surface area contributed by atoms with Crippen molar-refractivity contribution in [1.29, 1.82) is 0 Å². The molecule has 144 valence electrons. The summed E-state index contributed by atoms with van der Waals surface area (Å²) in [5, 5.41) is 12.1. The highest BCUT2D eigenvalue weighted by Gasteiger charge is 2.45. The number of fused-ring (bicyclic) bond motifs is 3. The van der Waals surface area contributed by atoms with E-state index in [-0.39, 0.29) is 43.0 Å². The van der Waals surface area contributed by atoms with Crippen molar-refractivity contribution in [3.05, 3.63) is 15.8 Å². The van der Waals surface area contributed by atoms with Gasteiger partial charge in [-0.05, 0) is 17.7 Å². The summed E-state index contributed by atoms with van der Waals surface area (Å²) in [5.41, 5.74) is 0.566. The zero-order valence-electron chi connectivity index (χ0n) is 15.0. The Kier molecular flexibility index (Phi) is 4.50. The summed E-state index contributed by atoms with van der Waals surface area (Å²) < 4.78 is 33.6. The zero-order valence-corrected chi connectivity index (χ0v) is 15.9. The van der Waals surface area contributed by atoms with Gasteiger partial charge < -0.3 is 14.3 Å². The number of quaternary nitrogens is 1. The van der Waals surface area contributed by atoms with Crippen molar-refractivity contribution in [3.63, 3.8) is 0 Å². The Balaban J connectivity index is 1.38. The van der Waals surface area contributed by atoms with E-state index in [1.807, 2.05) is 0 Å². The average molecular weight is 386 g/mol. The van der Waals surface area contributed by atoms with Crippen molar-refractivity contribution in [2.45, 2.75) is 56.5 Å². The third-order valence-electron chi connectivity index (χ3n) is 6.52. The van der Waals surface area contributed by atoms with E-state index in [9.17, 15) is 18.7 Å².